The second-order valence-electron chi connectivity index (χ2n) is 9.72. The average Bonchev–Trinajstić information content (AvgIpc) is 2.89. The lowest BCUT2D eigenvalue weighted by molar-refractivity contribution is -0.136. The first-order chi connectivity index (χ1) is 17.2. The Labute approximate surface area is 218 Å². The Hall–Kier alpha value is -2.33. The summed E-state index contributed by atoms with van der Waals surface area (Å²) < 4.78 is 39.9. The number of piperazine rings is 1. The Morgan fingerprint density at radius 1 is 0.972 bits per heavy atom. The van der Waals surface area contributed by atoms with Gasteiger partial charge in [-0.05, 0) is 68.4 Å². The topological polar surface area (TPSA) is 79.4 Å². The summed E-state index contributed by atoms with van der Waals surface area (Å²) in [5, 5.41) is 0.608. The van der Waals surface area contributed by atoms with Crippen LogP contribution >= 0.6 is 11.6 Å². The lowest BCUT2D eigenvalue weighted by atomic mass is 9.78. The Morgan fingerprint density at radius 3 is 2.25 bits per heavy atom. The Kier molecular flexibility index (Phi) is 8.44. The molecule has 2 heterocycles. The van der Waals surface area contributed by atoms with Crippen molar-refractivity contribution in [3.8, 4) is 11.5 Å². The third-order valence-electron chi connectivity index (χ3n) is 7.06. The molecule has 1 amide bonds. The number of piperidine rings is 1. The molecule has 0 radical (unpaired) electrons. The molecule has 2 aromatic carbocycles. The molecule has 2 saturated heterocycles. The Morgan fingerprint density at radius 2 is 1.61 bits per heavy atom. The third kappa shape index (κ3) is 6.32. The molecule has 2 fully saturated rings. The van der Waals surface area contributed by atoms with E-state index in [1.807, 2.05) is 11.9 Å². The second kappa shape index (κ2) is 11.4. The van der Waals surface area contributed by atoms with E-state index >= 15 is 0 Å². The van der Waals surface area contributed by atoms with Crippen molar-refractivity contribution < 1.29 is 22.7 Å². The fourth-order valence-corrected chi connectivity index (χ4v) is 6.55. The maximum atomic E-state index is 13.5. The number of halogens is 1. The molecule has 0 N–H and O–H groups in total. The van der Waals surface area contributed by atoms with Crippen LogP contribution in [-0.4, -0.2) is 88.5 Å². The van der Waals surface area contributed by atoms with Crippen molar-refractivity contribution in [2.45, 2.75) is 24.2 Å². The van der Waals surface area contributed by atoms with Gasteiger partial charge in [0.2, 0.25) is 15.9 Å². The average molecular weight is 536 g/mol. The highest BCUT2D eigenvalue weighted by Gasteiger charge is 2.43. The van der Waals surface area contributed by atoms with E-state index in [9.17, 15) is 13.2 Å². The monoisotopic (exact) mass is 535 g/mol. The van der Waals surface area contributed by atoms with Gasteiger partial charge in [0.25, 0.3) is 0 Å². The summed E-state index contributed by atoms with van der Waals surface area (Å²) in [6.07, 6.45) is 1.59. The van der Waals surface area contributed by atoms with Crippen molar-refractivity contribution in [2.24, 2.45) is 5.41 Å². The maximum Gasteiger partial charge on any atom is 0.243 e. The summed E-state index contributed by atoms with van der Waals surface area (Å²) in [5.74, 6) is 1.28. The summed E-state index contributed by atoms with van der Waals surface area (Å²) in [6, 6.07) is 13.5. The van der Waals surface area contributed by atoms with Gasteiger partial charge in [0, 0.05) is 56.1 Å². The van der Waals surface area contributed by atoms with Gasteiger partial charge >= 0.3 is 0 Å². The zero-order valence-electron chi connectivity index (χ0n) is 20.9. The van der Waals surface area contributed by atoms with Crippen molar-refractivity contribution in [1.82, 2.24) is 14.1 Å². The van der Waals surface area contributed by atoms with E-state index in [0.717, 1.165) is 13.1 Å². The van der Waals surface area contributed by atoms with E-state index in [0.29, 0.717) is 49.0 Å². The van der Waals surface area contributed by atoms with Gasteiger partial charge < -0.3 is 19.3 Å². The van der Waals surface area contributed by atoms with Gasteiger partial charge in [-0.3, -0.25) is 4.79 Å². The van der Waals surface area contributed by atoms with E-state index in [2.05, 4.69) is 4.90 Å². The van der Waals surface area contributed by atoms with Crippen LogP contribution in [0.3, 0.4) is 0 Å². The predicted molar refractivity (Wildman–Crippen MR) is 139 cm³/mol. The number of sulfonamides is 1. The predicted octanol–water partition coefficient (Wildman–Crippen LogP) is 3.36. The summed E-state index contributed by atoms with van der Waals surface area (Å²) in [6.45, 7) is 3.88. The number of ether oxygens (including phenoxy) is 2. The zero-order chi connectivity index (χ0) is 25.8. The number of hydrogen-bond donors (Lipinski definition) is 0. The molecule has 0 aromatic heterocycles. The number of benzene rings is 2. The fraction of sp³-hybridized carbons (Fsp3) is 0.500. The van der Waals surface area contributed by atoms with Gasteiger partial charge in [-0.2, -0.15) is 4.31 Å². The van der Waals surface area contributed by atoms with Crippen LogP contribution in [0.2, 0.25) is 5.02 Å². The van der Waals surface area contributed by atoms with Crippen molar-refractivity contribution in [1.29, 1.82) is 0 Å². The van der Waals surface area contributed by atoms with Gasteiger partial charge in [0.05, 0.1) is 18.6 Å². The normalized spacial score (nSPS) is 21.8. The molecule has 36 heavy (non-hydrogen) atoms. The number of likely N-dealkylation sites (N-methyl/N-ethyl adjacent to an activating group) is 1. The van der Waals surface area contributed by atoms with Gasteiger partial charge in [-0.1, -0.05) is 11.6 Å². The van der Waals surface area contributed by atoms with Crippen LogP contribution in [0.4, 0.5) is 0 Å². The van der Waals surface area contributed by atoms with E-state index < -0.39 is 15.4 Å². The highest BCUT2D eigenvalue weighted by Crippen LogP contribution is 2.37. The molecule has 0 aliphatic carbocycles. The summed E-state index contributed by atoms with van der Waals surface area (Å²) >= 11 is 6.01. The minimum Gasteiger partial charge on any atom is -0.497 e. The minimum absolute atomic E-state index is 0.0477. The van der Waals surface area contributed by atoms with Gasteiger partial charge in [-0.25, -0.2) is 8.42 Å². The summed E-state index contributed by atoms with van der Waals surface area (Å²) in [4.78, 5) is 17.7. The highest BCUT2D eigenvalue weighted by atomic mass is 35.5. The minimum atomic E-state index is -3.74. The van der Waals surface area contributed by atoms with Crippen LogP contribution in [-0.2, 0) is 14.8 Å². The lowest BCUT2D eigenvalue weighted by Crippen LogP contribution is -2.53. The molecule has 2 aliphatic rings. The molecule has 196 valence electrons. The first-order valence-corrected chi connectivity index (χ1v) is 14.0. The smallest absolute Gasteiger partial charge is 0.243 e. The SMILES string of the molecule is COc1ccc(S(=O)(=O)N2CCC[C@](COc3ccc(Cl)cc3)(CC(=O)N3CCN(C)CC3)C2)cc1. The number of carbonyl (C=O) groups excluding carboxylic acids is 1. The number of carbonyl (C=O) groups is 1. The first kappa shape index (κ1) is 26.7. The molecule has 0 saturated carbocycles. The number of rotatable bonds is 8. The largest absolute Gasteiger partial charge is 0.497 e. The lowest BCUT2D eigenvalue weighted by Gasteiger charge is -2.43. The molecule has 8 nitrogen and oxygen atoms in total. The second-order valence-corrected chi connectivity index (χ2v) is 12.1. The number of hydrogen-bond acceptors (Lipinski definition) is 6. The highest BCUT2D eigenvalue weighted by molar-refractivity contribution is 7.89. The molecule has 10 heteroatoms. The van der Waals surface area contributed by atoms with Crippen molar-refractivity contribution in [2.75, 3.05) is 60.0 Å². The van der Waals surface area contributed by atoms with Gasteiger partial charge in [0.15, 0.2) is 0 Å². The molecule has 4 rings (SSSR count). The van der Waals surface area contributed by atoms with E-state index in [4.69, 9.17) is 21.1 Å². The molecule has 2 aliphatic heterocycles. The van der Waals surface area contributed by atoms with Crippen LogP contribution in [0.15, 0.2) is 53.4 Å². The molecular formula is C26H34ClN3O5S. The van der Waals surface area contributed by atoms with Crippen LogP contribution in [0.25, 0.3) is 0 Å². The maximum absolute atomic E-state index is 13.5. The first-order valence-electron chi connectivity index (χ1n) is 12.2. The molecule has 2 aromatic rings. The van der Waals surface area contributed by atoms with Crippen LogP contribution in [0.1, 0.15) is 19.3 Å². The fourth-order valence-electron chi connectivity index (χ4n) is 4.83. The molecule has 0 bridgehead atoms. The van der Waals surface area contributed by atoms with Crippen LogP contribution in [0.5, 0.6) is 11.5 Å². The van der Waals surface area contributed by atoms with Crippen LogP contribution in [0, 0.1) is 5.41 Å². The third-order valence-corrected chi connectivity index (χ3v) is 9.18. The van der Waals surface area contributed by atoms with Gasteiger partial charge in [0.1, 0.15) is 11.5 Å². The van der Waals surface area contributed by atoms with E-state index in [-0.39, 0.29) is 30.4 Å². The number of methoxy groups -OCH3 is 1. The number of nitrogens with zero attached hydrogens (tertiary/aromatic N) is 3. The van der Waals surface area contributed by atoms with Crippen molar-refractivity contribution >= 4 is 27.5 Å². The number of amides is 1. The molecule has 0 unspecified atom stereocenters. The summed E-state index contributed by atoms with van der Waals surface area (Å²) in [7, 11) is -0.151. The van der Waals surface area contributed by atoms with E-state index in [1.165, 1.54) is 4.31 Å². The van der Waals surface area contributed by atoms with Crippen LogP contribution < -0.4 is 9.47 Å². The standard InChI is InChI=1S/C26H34ClN3O5S/c1-28-14-16-29(17-15-28)25(31)18-26(20-35-23-6-4-21(27)5-7-23)12-3-13-30(19-26)36(32,33)24-10-8-22(34-2)9-11-24/h4-11H,3,12-20H2,1-2H3/t26-/m0/s1. The van der Waals surface area contributed by atoms with Gasteiger partial charge in [-0.15, -0.1) is 0 Å². The molecular weight excluding hydrogens is 502 g/mol. The van der Waals surface area contributed by atoms with E-state index in [1.54, 1.807) is 55.6 Å². The van der Waals surface area contributed by atoms with Crippen molar-refractivity contribution in [3.63, 3.8) is 0 Å². The van der Waals surface area contributed by atoms with Crippen molar-refractivity contribution in [3.05, 3.63) is 53.6 Å². The Bertz CT molecular complexity index is 1140. The quantitative estimate of drug-likeness (QED) is 0.516. The molecule has 1 atom stereocenters. The molecule has 0 spiro atoms. The summed E-state index contributed by atoms with van der Waals surface area (Å²) in [5.41, 5.74) is -0.641. The Balaban J connectivity index is 1.56. The zero-order valence-corrected chi connectivity index (χ0v) is 22.4.